The summed E-state index contributed by atoms with van der Waals surface area (Å²) in [5, 5.41) is -15.8. The fourth-order valence-electron chi connectivity index (χ4n) is 2.82. The van der Waals surface area contributed by atoms with Crippen molar-refractivity contribution in [1.29, 1.82) is 0 Å². The van der Waals surface area contributed by atoms with Gasteiger partial charge in [-0.1, -0.05) is 0 Å². The smallest absolute Gasteiger partial charge is 0.281 e. The van der Waals surface area contributed by atoms with Gasteiger partial charge in [-0.15, -0.1) is 0 Å². The Morgan fingerprint density at radius 1 is 0.197 bits per heavy atom. The maximum atomic E-state index is 13.2. The zero-order valence-electron chi connectivity index (χ0n) is 25.5. The number of halogens is 36. The Labute approximate surface area is 305 Å². The molecule has 0 amide bonds. The minimum atomic E-state index is -9.15. The highest BCUT2D eigenvalue weighted by molar-refractivity contribution is 7.87. The molecular formula is C17H2F36O6S2. The molecule has 0 aliphatic rings. The van der Waals surface area contributed by atoms with Crippen LogP contribution in [0.3, 0.4) is 0 Å². The van der Waals surface area contributed by atoms with Gasteiger partial charge >= 0.3 is 120 Å². The average molecular weight is 1050 g/mol. The molecule has 6 nitrogen and oxygen atoms in total. The molecule has 0 rings (SSSR count). The van der Waals surface area contributed by atoms with Crippen LogP contribution in [0.15, 0.2) is 0 Å². The van der Waals surface area contributed by atoms with Crippen molar-refractivity contribution in [2.24, 2.45) is 0 Å². The number of rotatable bonds is 15. The second-order valence-corrected chi connectivity index (χ2v) is 13.4. The van der Waals surface area contributed by atoms with E-state index in [4.69, 9.17) is 9.11 Å². The lowest BCUT2D eigenvalue weighted by atomic mass is 9.89. The van der Waals surface area contributed by atoms with E-state index in [2.05, 4.69) is 0 Å². The topological polar surface area (TPSA) is 109 Å². The summed E-state index contributed by atoms with van der Waals surface area (Å²) in [5.41, 5.74) is 0. The molecule has 44 heteroatoms. The molecule has 0 unspecified atom stereocenters. The van der Waals surface area contributed by atoms with Gasteiger partial charge in [-0.25, -0.2) is 0 Å². The van der Waals surface area contributed by atoms with Gasteiger partial charge in [-0.05, 0) is 0 Å². The summed E-state index contributed by atoms with van der Waals surface area (Å²) >= 11 is 0. The third-order valence-corrected chi connectivity index (χ3v) is 8.24. The van der Waals surface area contributed by atoms with Crippen LogP contribution >= 0.6 is 0 Å². The van der Waals surface area contributed by atoms with Gasteiger partial charge in [0.25, 0.3) is 0 Å². The summed E-state index contributed by atoms with van der Waals surface area (Å²) in [4.78, 5) is 0. The highest BCUT2D eigenvalue weighted by Crippen LogP contribution is 2.67. The van der Waals surface area contributed by atoms with E-state index in [9.17, 15) is 175 Å². The van der Waals surface area contributed by atoms with Crippen molar-refractivity contribution in [3.05, 3.63) is 0 Å². The zero-order chi connectivity index (χ0) is 51.5. The Kier molecular flexibility index (Phi) is 14.5. The Hall–Kier alpha value is -2.70. The quantitative estimate of drug-likeness (QED) is 0.125. The summed E-state index contributed by atoms with van der Waals surface area (Å²) in [6, 6.07) is 0. The van der Waals surface area contributed by atoms with Crippen molar-refractivity contribution >= 4 is 20.2 Å². The largest absolute Gasteiger partial charge is 0.460 e. The van der Waals surface area contributed by atoms with Crippen molar-refractivity contribution in [3.63, 3.8) is 0 Å². The maximum Gasteiger partial charge on any atom is 0.460 e. The van der Waals surface area contributed by atoms with Crippen LogP contribution in [0.1, 0.15) is 0 Å². The van der Waals surface area contributed by atoms with Gasteiger partial charge in [0, 0.05) is 0 Å². The Morgan fingerprint density at radius 2 is 0.295 bits per heavy atom. The van der Waals surface area contributed by atoms with Crippen LogP contribution in [0.4, 0.5) is 158 Å². The molecular weight excluding hydrogens is 1050 g/mol. The molecule has 0 spiro atoms. The van der Waals surface area contributed by atoms with Crippen LogP contribution in [0.25, 0.3) is 0 Å². The van der Waals surface area contributed by atoms with Crippen molar-refractivity contribution in [1.82, 2.24) is 0 Å². The molecule has 61 heavy (non-hydrogen) atoms. The van der Waals surface area contributed by atoms with Gasteiger partial charge in [0.05, 0.1) is 0 Å². The molecule has 0 aromatic heterocycles. The van der Waals surface area contributed by atoms with E-state index >= 15 is 0 Å². The Bertz CT molecular complexity index is 1820. The molecule has 0 aromatic rings. The normalized spacial score (nSPS) is 17.0. The third kappa shape index (κ3) is 7.76. The summed E-state index contributed by atoms with van der Waals surface area (Å²) < 4.78 is 513. The van der Waals surface area contributed by atoms with Crippen LogP contribution in [0.5, 0.6) is 0 Å². The highest BCUT2D eigenvalue weighted by Gasteiger charge is 2.99. The lowest BCUT2D eigenvalue weighted by molar-refractivity contribution is -0.466. The molecule has 0 aromatic carbocycles. The fourth-order valence-corrected chi connectivity index (χ4v) is 3.72. The molecule has 0 fully saturated rings. The minimum Gasteiger partial charge on any atom is -0.281 e. The first kappa shape index (κ1) is 60.4. The monoisotopic (exact) mass is 1050 g/mol. The summed E-state index contributed by atoms with van der Waals surface area (Å²) in [6.45, 7) is 0. The zero-order valence-corrected chi connectivity index (χ0v) is 27.1. The average Bonchev–Trinajstić information content (AvgIpc) is 2.97. The first-order valence-electron chi connectivity index (χ1n) is 12.0. The van der Waals surface area contributed by atoms with Gasteiger partial charge in [0.15, 0.2) is 0 Å². The minimum absolute atomic E-state index is 7.67. The van der Waals surface area contributed by atoms with E-state index in [1.54, 1.807) is 0 Å². The van der Waals surface area contributed by atoms with Crippen molar-refractivity contribution in [2.45, 2.75) is 99.9 Å². The predicted octanol–water partition coefficient (Wildman–Crippen LogP) is 10.3. The lowest BCUT2D eigenvalue weighted by Gasteiger charge is -2.43. The van der Waals surface area contributed by atoms with Gasteiger partial charge in [-0.3, -0.25) is 9.11 Å². The number of hydrogen-bond acceptors (Lipinski definition) is 4. The van der Waals surface area contributed by atoms with E-state index in [1.165, 1.54) is 0 Å². The highest BCUT2D eigenvalue weighted by atomic mass is 32.2. The second kappa shape index (κ2) is 14.7. The van der Waals surface area contributed by atoms with Crippen LogP contribution < -0.4 is 0 Å². The first-order chi connectivity index (χ1) is 25.2. The number of hydrogen-bond donors (Lipinski definition) is 2. The van der Waals surface area contributed by atoms with E-state index in [0.717, 1.165) is 0 Å². The molecule has 0 saturated heterocycles. The predicted molar refractivity (Wildman–Crippen MR) is 109 cm³/mol. The van der Waals surface area contributed by atoms with E-state index in [0.29, 0.717) is 0 Å². The lowest BCUT2D eigenvalue weighted by Crippen LogP contribution is -2.76. The third-order valence-electron chi connectivity index (χ3n) is 6.43. The number of alkyl halides is 36. The molecule has 0 radical (unpaired) electrons. The van der Waals surface area contributed by atoms with Crippen molar-refractivity contribution in [3.8, 4) is 0 Å². The van der Waals surface area contributed by atoms with Gasteiger partial charge in [0.1, 0.15) is 0 Å². The SMILES string of the molecule is O=S(=O)(O)C(F)(F)C(F)(F)C(F)(F)C(F)(F)C(F)(F)C(F)(F)C(F)(F)C(F)(F)C(F)(F)F.O=S(=O)(O)C(F)(F)C(F)(F)C(F)(F)C(F)(F)C(F)(F)C(F)(F)C(F)(F)C(F)(F)F. The fraction of sp³-hybridized carbons (Fsp3) is 1.00. The molecule has 370 valence electrons. The molecule has 0 saturated carbocycles. The molecule has 0 bridgehead atoms. The van der Waals surface area contributed by atoms with E-state index < -0.39 is 120 Å². The molecule has 2 N–H and O–H groups in total. The van der Waals surface area contributed by atoms with E-state index in [-0.39, 0.29) is 0 Å². The first-order valence-corrected chi connectivity index (χ1v) is 14.9. The van der Waals surface area contributed by atoms with Crippen molar-refractivity contribution in [2.75, 3.05) is 0 Å². The standard InChI is InChI=1S/C9HF19O3S.C8HF17O3S/c10-1(11,2(12,13)4(16,17)6(20,21)8(24,25)26)3(14,15)5(18,19)7(22,23)9(27,28)32(29,30)31;9-1(10,3(13,14)5(17,18)7(21,22)23)2(11,12)4(15,16)6(19,20)8(24,25)29(26,27)28/h(H,29,30,31);(H,26,27,28). The molecule has 0 aliphatic carbocycles. The van der Waals surface area contributed by atoms with Crippen LogP contribution in [-0.4, -0.2) is 126 Å². The Morgan fingerprint density at radius 3 is 0.393 bits per heavy atom. The molecule has 0 heterocycles. The van der Waals surface area contributed by atoms with Crippen LogP contribution in [0.2, 0.25) is 0 Å². The van der Waals surface area contributed by atoms with Gasteiger partial charge in [-0.2, -0.15) is 175 Å². The van der Waals surface area contributed by atoms with Gasteiger partial charge < -0.3 is 0 Å². The molecule has 0 aliphatic heterocycles. The van der Waals surface area contributed by atoms with Crippen LogP contribution in [0, 0.1) is 0 Å². The van der Waals surface area contributed by atoms with E-state index in [1.807, 2.05) is 0 Å². The van der Waals surface area contributed by atoms with Crippen LogP contribution in [-0.2, 0) is 20.2 Å². The summed E-state index contributed by atoms with van der Waals surface area (Å²) in [7, 11) is -15.9. The molecule has 0 atom stereocenters. The van der Waals surface area contributed by atoms with Crippen molar-refractivity contribution < 1.29 is 184 Å². The Balaban J connectivity index is 0. The summed E-state index contributed by atoms with van der Waals surface area (Å²) in [5.74, 6) is -114. The van der Waals surface area contributed by atoms with Gasteiger partial charge in [0.2, 0.25) is 0 Å². The summed E-state index contributed by atoms with van der Waals surface area (Å²) in [6.07, 6.45) is -15.9. The second-order valence-electron chi connectivity index (χ2n) is 10.4. The maximum absolute atomic E-state index is 13.2.